The fourth-order valence-electron chi connectivity index (χ4n) is 1.86. The summed E-state index contributed by atoms with van der Waals surface area (Å²) in [5.74, 6) is 0. The molecule has 0 nitrogen and oxygen atoms in total. The number of hydrogen-bond donors (Lipinski definition) is 0. The van der Waals surface area contributed by atoms with E-state index in [1.54, 1.807) is 0 Å². The highest BCUT2D eigenvalue weighted by molar-refractivity contribution is 5.63. The van der Waals surface area contributed by atoms with Crippen LogP contribution in [-0.4, -0.2) is 0 Å². The first-order valence-electron chi connectivity index (χ1n) is 6.31. The van der Waals surface area contributed by atoms with Crippen molar-refractivity contribution in [2.45, 2.75) is 12.8 Å². The Bertz CT molecular complexity index is 506. The molecular formula is C18H18. The van der Waals surface area contributed by atoms with Crippen molar-refractivity contribution < 1.29 is 0 Å². The van der Waals surface area contributed by atoms with Crippen LogP contribution in [-0.2, 0) is 0 Å². The second kappa shape index (κ2) is 6.61. The zero-order valence-electron chi connectivity index (χ0n) is 10.5. The van der Waals surface area contributed by atoms with Crippen molar-refractivity contribution in [2.75, 3.05) is 0 Å². The van der Waals surface area contributed by atoms with Crippen LogP contribution in [0.3, 0.4) is 0 Å². The molecule has 0 heterocycles. The SMILES string of the molecule is C=C(CCC=Cc1ccccc1)c1ccccc1. The molecule has 18 heavy (non-hydrogen) atoms. The normalized spacial score (nSPS) is 10.7. The van der Waals surface area contributed by atoms with E-state index < -0.39 is 0 Å². The number of rotatable bonds is 5. The van der Waals surface area contributed by atoms with E-state index in [1.165, 1.54) is 16.7 Å². The maximum absolute atomic E-state index is 4.14. The van der Waals surface area contributed by atoms with E-state index in [1.807, 2.05) is 12.1 Å². The molecule has 2 aromatic rings. The van der Waals surface area contributed by atoms with Crippen molar-refractivity contribution >= 4 is 11.6 Å². The molecule has 0 saturated heterocycles. The van der Waals surface area contributed by atoms with Gasteiger partial charge in [0, 0.05) is 0 Å². The number of hydrogen-bond acceptors (Lipinski definition) is 0. The van der Waals surface area contributed by atoms with Crippen LogP contribution >= 0.6 is 0 Å². The Labute approximate surface area is 109 Å². The summed E-state index contributed by atoms with van der Waals surface area (Å²) >= 11 is 0. The predicted octanol–water partition coefficient (Wildman–Crippen LogP) is 5.19. The van der Waals surface area contributed by atoms with Gasteiger partial charge < -0.3 is 0 Å². The van der Waals surface area contributed by atoms with Crippen LogP contribution in [0.15, 0.2) is 73.3 Å². The minimum Gasteiger partial charge on any atom is -0.0952 e. The molecule has 0 heteroatoms. The molecule has 2 rings (SSSR count). The van der Waals surface area contributed by atoms with Gasteiger partial charge in [0.05, 0.1) is 0 Å². The summed E-state index contributed by atoms with van der Waals surface area (Å²) in [7, 11) is 0. The maximum atomic E-state index is 4.14. The maximum Gasteiger partial charge on any atom is -0.0230 e. The van der Waals surface area contributed by atoms with Crippen LogP contribution in [0.2, 0.25) is 0 Å². The van der Waals surface area contributed by atoms with Crippen molar-refractivity contribution in [1.29, 1.82) is 0 Å². The smallest absolute Gasteiger partial charge is 0.0230 e. The molecule has 0 aromatic heterocycles. The van der Waals surface area contributed by atoms with Crippen LogP contribution in [0.25, 0.3) is 11.6 Å². The summed E-state index contributed by atoms with van der Waals surface area (Å²) in [5, 5.41) is 0. The Morgan fingerprint density at radius 1 is 0.889 bits per heavy atom. The minimum atomic E-state index is 1.01. The third-order valence-corrected chi connectivity index (χ3v) is 2.90. The van der Waals surface area contributed by atoms with Gasteiger partial charge in [-0.2, -0.15) is 0 Å². The van der Waals surface area contributed by atoms with E-state index in [2.05, 4.69) is 67.3 Å². The van der Waals surface area contributed by atoms with Crippen molar-refractivity contribution in [3.63, 3.8) is 0 Å². The fraction of sp³-hybridized carbons (Fsp3) is 0.111. The Morgan fingerprint density at radius 2 is 1.50 bits per heavy atom. The van der Waals surface area contributed by atoms with E-state index >= 15 is 0 Å². The zero-order chi connectivity index (χ0) is 12.6. The molecule has 0 aliphatic rings. The molecule has 90 valence electrons. The summed E-state index contributed by atoms with van der Waals surface area (Å²) in [4.78, 5) is 0. The van der Waals surface area contributed by atoms with Crippen molar-refractivity contribution in [3.05, 3.63) is 84.4 Å². The fourth-order valence-corrected chi connectivity index (χ4v) is 1.86. The number of allylic oxidation sites excluding steroid dienone is 2. The monoisotopic (exact) mass is 234 g/mol. The third kappa shape index (κ3) is 3.74. The van der Waals surface area contributed by atoms with E-state index in [0.29, 0.717) is 0 Å². The highest BCUT2D eigenvalue weighted by Crippen LogP contribution is 2.17. The van der Waals surface area contributed by atoms with Gasteiger partial charge in [0.1, 0.15) is 0 Å². The molecular weight excluding hydrogens is 216 g/mol. The second-order valence-corrected chi connectivity index (χ2v) is 4.32. The molecule has 2 aromatic carbocycles. The van der Waals surface area contributed by atoms with Gasteiger partial charge in [-0.25, -0.2) is 0 Å². The average molecular weight is 234 g/mol. The van der Waals surface area contributed by atoms with E-state index in [4.69, 9.17) is 0 Å². The molecule has 0 fully saturated rings. The minimum absolute atomic E-state index is 1.01. The summed E-state index contributed by atoms with van der Waals surface area (Å²) < 4.78 is 0. The Balaban J connectivity index is 1.83. The molecule has 0 atom stereocenters. The molecule has 0 radical (unpaired) electrons. The summed E-state index contributed by atoms with van der Waals surface area (Å²) in [6.07, 6.45) is 6.41. The summed E-state index contributed by atoms with van der Waals surface area (Å²) in [6.45, 7) is 4.14. The Kier molecular flexibility index (Phi) is 4.54. The summed E-state index contributed by atoms with van der Waals surface area (Å²) in [6, 6.07) is 20.8. The largest absolute Gasteiger partial charge is 0.0952 e. The Morgan fingerprint density at radius 3 is 2.17 bits per heavy atom. The predicted molar refractivity (Wildman–Crippen MR) is 80.2 cm³/mol. The standard InChI is InChI=1S/C18H18/c1-16(18-14-6-3-7-15-18)10-8-9-13-17-11-4-2-5-12-17/h2-7,9,11-15H,1,8,10H2. The highest BCUT2D eigenvalue weighted by atomic mass is 14.0. The van der Waals surface area contributed by atoms with Gasteiger partial charge in [-0.1, -0.05) is 79.4 Å². The van der Waals surface area contributed by atoms with Crippen molar-refractivity contribution in [3.8, 4) is 0 Å². The van der Waals surface area contributed by atoms with Gasteiger partial charge in [-0.3, -0.25) is 0 Å². The lowest BCUT2D eigenvalue weighted by atomic mass is 10.0. The van der Waals surface area contributed by atoms with Gasteiger partial charge >= 0.3 is 0 Å². The lowest BCUT2D eigenvalue weighted by molar-refractivity contribution is 1.08. The van der Waals surface area contributed by atoms with Crippen LogP contribution in [0.5, 0.6) is 0 Å². The molecule has 0 bridgehead atoms. The third-order valence-electron chi connectivity index (χ3n) is 2.90. The van der Waals surface area contributed by atoms with Crippen LogP contribution in [0.1, 0.15) is 24.0 Å². The molecule has 0 aliphatic heterocycles. The number of benzene rings is 2. The first-order valence-corrected chi connectivity index (χ1v) is 6.31. The Hall–Kier alpha value is -2.08. The van der Waals surface area contributed by atoms with Gasteiger partial charge in [0.25, 0.3) is 0 Å². The molecule has 0 unspecified atom stereocenters. The zero-order valence-corrected chi connectivity index (χ0v) is 10.5. The van der Waals surface area contributed by atoms with E-state index in [0.717, 1.165) is 12.8 Å². The van der Waals surface area contributed by atoms with Crippen LogP contribution in [0, 0.1) is 0 Å². The highest BCUT2D eigenvalue weighted by Gasteiger charge is 1.95. The molecule has 0 aliphatic carbocycles. The van der Waals surface area contributed by atoms with Gasteiger partial charge in [-0.05, 0) is 29.5 Å². The molecule has 0 N–H and O–H groups in total. The quantitative estimate of drug-likeness (QED) is 0.667. The topological polar surface area (TPSA) is 0 Å². The van der Waals surface area contributed by atoms with Crippen molar-refractivity contribution in [2.24, 2.45) is 0 Å². The van der Waals surface area contributed by atoms with E-state index in [-0.39, 0.29) is 0 Å². The first-order chi connectivity index (χ1) is 8.86. The van der Waals surface area contributed by atoms with Crippen molar-refractivity contribution in [1.82, 2.24) is 0 Å². The van der Waals surface area contributed by atoms with Crippen LogP contribution < -0.4 is 0 Å². The second-order valence-electron chi connectivity index (χ2n) is 4.32. The van der Waals surface area contributed by atoms with Crippen LogP contribution in [0.4, 0.5) is 0 Å². The van der Waals surface area contributed by atoms with Gasteiger partial charge in [0.15, 0.2) is 0 Å². The van der Waals surface area contributed by atoms with Gasteiger partial charge in [-0.15, -0.1) is 0 Å². The summed E-state index contributed by atoms with van der Waals surface area (Å²) in [5.41, 5.74) is 3.70. The van der Waals surface area contributed by atoms with E-state index in [9.17, 15) is 0 Å². The first kappa shape index (κ1) is 12.4. The van der Waals surface area contributed by atoms with Gasteiger partial charge in [0.2, 0.25) is 0 Å². The molecule has 0 spiro atoms. The lowest BCUT2D eigenvalue weighted by Crippen LogP contribution is -1.81. The molecule has 0 amide bonds. The molecule has 0 saturated carbocycles. The average Bonchev–Trinajstić information content (AvgIpc) is 2.45. The lowest BCUT2D eigenvalue weighted by Gasteiger charge is -2.03.